The minimum atomic E-state index is -3.70. The Kier molecular flexibility index (Phi) is 25.9. The van der Waals surface area contributed by atoms with Crippen molar-refractivity contribution in [3.63, 3.8) is 0 Å². The molecule has 0 saturated carbocycles. The minimum Gasteiger partial charge on any atom is -0.315 e. The molecule has 0 aliphatic heterocycles. The molecule has 0 bridgehead atoms. The Morgan fingerprint density at radius 3 is 1.64 bits per heavy atom. The second-order valence-corrected chi connectivity index (χ2v) is 11.0. The SMILES string of the molecule is CCCCCCC(CCNCCNCOO)OS(=O)(=O)C(CCCCCC)CCNCCNCOO. The van der Waals surface area contributed by atoms with Crippen molar-refractivity contribution in [3.8, 4) is 0 Å². The van der Waals surface area contributed by atoms with Gasteiger partial charge in [0.05, 0.1) is 11.4 Å². The van der Waals surface area contributed by atoms with Crippen molar-refractivity contribution in [2.75, 3.05) is 52.7 Å². The Morgan fingerprint density at radius 1 is 0.611 bits per heavy atom. The predicted octanol–water partition coefficient (Wildman–Crippen LogP) is 3.04. The summed E-state index contributed by atoms with van der Waals surface area (Å²) in [7, 11) is -3.70. The van der Waals surface area contributed by atoms with Crippen LogP contribution in [0.15, 0.2) is 0 Å². The van der Waals surface area contributed by atoms with Gasteiger partial charge >= 0.3 is 0 Å². The van der Waals surface area contributed by atoms with E-state index in [-0.39, 0.29) is 19.6 Å². The summed E-state index contributed by atoms with van der Waals surface area (Å²) >= 11 is 0. The first-order valence-electron chi connectivity index (χ1n) is 13.8. The van der Waals surface area contributed by atoms with Gasteiger partial charge in [0, 0.05) is 26.2 Å². The Morgan fingerprint density at radius 2 is 1.11 bits per heavy atom. The van der Waals surface area contributed by atoms with Crippen LogP contribution in [-0.4, -0.2) is 83.0 Å². The molecule has 0 aromatic heterocycles. The van der Waals surface area contributed by atoms with Crippen molar-refractivity contribution in [2.45, 2.75) is 102 Å². The fourth-order valence-corrected chi connectivity index (χ4v) is 5.50. The first-order valence-corrected chi connectivity index (χ1v) is 15.3. The molecule has 0 aliphatic carbocycles. The molecule has 0 spiro atoms. The van der Waals surface area contributed by atoms with E-state index in [1.54, 1.807) is 0 Å². The summed E-state index contributed by atoms with van der Waals surface area (Å²) in [6.07, 6.45) is 10.6. The van der Waals surface area contributed by atoms with Crippen LogP contribution in [0.1, 0.15) is 90.9 Å². The van der Waals surface area contributed by atoms with E-state index in [2.05, 4.69) is 44.9 Å². The van der Waals surface area contributed by atoms with Gasteiger partial charge in [0.15, 0.2) is 0 Å². The summed E-state index contributed by atoms with van der Waals surface area (Å²) in [6, 6.07) is 0. The summed E-state index contributed by atoms with van der Waals surface area (Å²) in [6.45, 7) is 8.25. The van der Waals surface area contributed by atoms with E-state index in [1.807, 2.05) is 0 Å². The van der Waals surface area contributed by atoms with Crippen molar-refractivity contribution >= 4 is 10.1 Å². The van der Waals surface area contributed by atoms with E-state index in [9.17, 15) is 8.42 Å². The van der Waals surface area contributed by atoms with Crippen LogP contribution < -0.4 is 21.3 Å². The van der Waals surface area contributed by atoms with Crippen LogP contribution in [-0.2, 0) is 24.1 Å². The Balaban J connectivity index is 4.85. The smallest absolute Gasteiger partial charge is 0.270 e. The minimum absolute atomic E-state index is 0.0615. The fourth-order valence-electron chi connectivity index (χ4n) is 3.90. The largest absolute Gasteiger partial charge is 0.315 e. The third-order valence-electron chi connectivity index (χ3n) is 6.01. The van der Waals surface area contributed by atoms with Crippen LogP contribution in [0.3, 0.4) is 0 Å². The Bertz CT molecular complexity index is 559. The molecule has 11 nitrogen and oxygen atoms in total. The maximum atomic E-state index is 13.3. The van der Waals surface area contributed by atoms with Crippen LogP contribution in [0.5, 0.6) is 0 Å². The quantitative estimate of drug-likeness (QED) is 0.0272. The van der Waals surface area contributed by atoms with Gasteiger partial charge in [-0.25, -0.2) is 9.78 Å². The molecule has 2 unspecified atom stereocenters. The van der Waals surface area contributed by atoms with E-state index < -0.39 is 15.4 Å². The maximum Gasteiger partial charge on any atom is 0.270 e. The molecule has 2 atom stereocenters. The normalized spacial score (nSPS) is 13.8. The lowest BCUT2D eigenvalue weighted by Gasteiger charge is -2.23. The first kappa shape index (κ1) is 35.6. The highest BCUT2D eigenvalue weighted by Crippen LogP contribution is 2.21. The summed E-state index contributed by atoms with van der Waals surface area (Å²) in [5, 5.41) is 28.5. The van der Waals surface area contributed by atoms with Gasteiger partial charge in [-0.15, -0.1) is 0 Å². The monoisotopic (exact) mass is 542 g/mol. The van der Waals surface area contributed by atoms with Crippen LogP contribution >= 0.6 is 0 Å². The standard InChI is InChI=1S/C24H54N4O7S/c1-3-5-7-9-11-23(13-15-25-17-19-27-21-33-29)35-36(31,32)24(12-10-8-6-4-2)14-16-26-18-20-28-22-34-30/h23-30H,3-22H2,1-2H3. The lowest BCUT2D eigenvalue weighted by Crippen LogP contribution is -2.35. The second kappa shape index (κ2) is 26.2. The van der Waals surface area contributed by atoms with Crippen LogP contribution in [0, 0.1) is 0 Å². The van der Waals surface area contributed by atoms with Crippen molar-refractivity contribution in [3.05, 3.63) is 0 Å². The number of hydrogen-bond donors (Lipinski definition) is 6. The molecule has 12 heteroatoms. The number of unbranched alkanes of at least 4 members (excludes halogenated alkanes) is 6. The van der Waals surface area contributed by atoms with Gasteiger partial charge in [0.1, 0.15) is 13.5 Å². The lowest BCUT2D eigenvalue weighted by atomic mass is 10.1. The predicted molar refractivity (Wildman–Crippen MR) is 143 cm³/mol. The van der Waals surface area contributed by atoms with Gasteiger partial charge in [-0.05, 0) is 38.8 Å². The molecule has 36 heavy (non-hydrogen) atoms. The van der Waals surface area contributed by atoms with Crippen LogP contribution in [0.2, 0.25) is 0 Å². The van der Waals surface area contributed by atoms with Gasteiger partial charge in [-0.1, -0.05) is 65.2 Å². The molecule has 0 saturated heterocycles. The zero-order valence-corrected chi connectivity index (χ0v) is 23.5. The average Bonchev–Trinajstić information content (AvgIpc) is 2.86. The van der Waals surface area contributed by atoms with Crippen molar-refractivity contribution in [1.29, 1.82) is 0 Å². The number of hydrogen-bond acceptors (Lipinski definition) is 11. The molecule has 0 heterocycles. The molecular weight excluding hydrogens is 488 g/mol. The summed E-state index contributed by atoms with van der Waals surface area (Å²) in [5.41, 5.74) is 0. The number of rotatable bonds is 29. The Hall–Kier alpha value is -0.410. The van der Waals surface area contributed by atoms with Gasteiger partial charge in [-0.2, -0.15) is 8.42 Å². The molecule has 218 valence electrons. The zero-order valence-electron chi connectivity index (χ0n) is 22.6. The van der Waals surface area contributed by atoms with Gasteiger partial charge in [0.2, 0.25) is 0 Å². The summed E-state index contributed by atoms with van der Waals surface area (Å²) in [4.78, 5) is 7.95. The van der Waals surface area contributed by atoms with Gasteiger partial charge in [-0.3, -0.25) is 25.3 Å². The van der Waals surface area contributed by atoms with E-state index in [4.69, 9.17) is 14.7 Å². The molecule has 6 N–H and O–H groups in total. The second-order valence-electron chi connectivity index (χ2n) is 9.16. The fraction of sp³-hybridized carbons (Fsp3) is 1.00. The molecule has 0 amide bonds. The van der Waals surface area contributed by atoms with Gasteiger partial charge in [0.25, 0.3) is 10.1 Å². The Labute approximate surface area is 219 Å². The molecule has 0 fully saturated rings. The average molecular weight is 543 g/mol. The lowest BCUT2D eigenvalue weighted by molar-refractivity contribution is -0.247. The molecule has 0 radical (unpaired) electrons. The van der Waals surface area contributed by atoms with Crippen LogP contribution in [0.4, 0.5) is 0 Å². The molecule has 0 rings (SSSR count). The summed E-state index contributed by atoms with van der Waals surface area (Å²) < 4.78 is 32.5. The highest BCUT2D eigenvalue weighted by Gasteiger charge is 2.29. The van der Waals surface area contributed by atoms with Crippen molar-refractivity contribution < 1.29 is 32.9 Å². The van der Waals surface area contributed by atoms with Crippen molar-refractivity contribution in [2.24, 2.45) is 0 Å². The van der Waals surface area contributed by atoms with Crippen LogP contribution in [0.25, 0.3) is 0 Å². The maximum absolute atomic E-state index is 13.3. The third kappa shape index (κ3) is 21.7. The molecule has 0 aliphatic rings. The summed E-state index contributed by atoms with van der Waals surface area (Å²) in [5.74, 6) is 0. The first-order chi connectivity index (χ1) is 17.5. The number of nitrogens with one attached hydrogen (secondary N) is 4. The van der Waals surface area contributed by atoms with E-state index >= 15 is 0 Å². The zero-order chi connectivity index (χ0) is 26.7. The highest BCUT2D eigenvalue weighted by molar-refractivity contribution is 7.87. The highest BCUT2D eigenvalue weighted by atomic mass is 32.2. The van der Waals surface area contributed by atoms with E-state index in [0.717, 1.165) is 57.8 Å². The molecular formula is C24H54N4O7S. The third-order valence-corrected chi connectivity index (χ3v) is 7.84. The topological polar surface area (TPSA) is 150 Å². The molecule has 0 aromatic carbocycles. The van der Waals surface area contributed by atoms with E-state index in [0.29, 0.717) is 58.5 Å². The van der Waals surface area contributed by atoms with E-state index in [1.165, 1.54) is 0 Å². The van der Waals surface area contributed by atoms with Gasteiger partial charge < -0.3 is 10.6 Å². The molecule has 0 aromatic rings. The van der Waals surface area contributed by atoms with Crippen molar-refractivity contribution in [1.82, 2.24) is 21.3 Å².